The van der Waals surface area contributed by atoms with Crippen LogP contribution in [0.3, 0.4) is 0 Å². The highest BCUT2D eigenvalue weighted by Crippen LogP contribution is 2.57. The van der Waals surface area contributed by atoms with Crippen molar-refractivity contribution in [3.63, 3.8) is 0 Å². The van der Waals surface area contributed by atoms with E-state index in [2.05, 4.69) is 0 Å². The summed E-state index contributed by atoms with van der Waals surface area (Å²) in [7, 11) is 0.331. The van der Waals surface area contributed by atoms with E-state index >= 15 is 0 Å². The van der Waals surface area contributed by atoms with Gasteiger partial charge in [0.2, 0.25) is 0 Å². The lowest BCUT2D eigenvalue weighted by Gasteiger charge is -2.25. The van der Waals surface area contributed by atoms with Crippen LogP contribution in [0.4, 0.5) is 0 Å². The first-order chi connectivity index (χ1) is 8.92. The Morgan fingerprint density at radius 3 is 2.32 bits per heavy atom. The molecule has 0 saturated heterocycles. The fraction of sp³-hybridized carbons (Fsp3) is 0.500. The lowest BCUT2D eigenvalue weighted by atomic mass is 10.4. The van der Waals surface area contributed by atoms with Crippen LogP contribution in [0.25, 0.3) is 6.08 Å². The normalized spacial score (nSPS) is 12.8. The molecule has 0 amide bonds. The van der Waals surface area contributed by atoms with E-state index in [9.17, 15) is 4.57 Å². The van der Waals surface area contributed by atoms with Gasteiger partial charge in [0, 0.05) is 19.0 Å². The molecule has 19 heavy (non-hydrogen) atoms. The van der Waals surface area contributed by atoms with Crippen LogP contribution in [0.2, 0.25) is 4.34 Å². The molecule has 7 heteroatoms. The zero-order valence-electron chi connectivity index (χ0n) is 11.6. The SMILES string of the molecule is CCOP(=O)(OCC)C(=Cc1ccc(Cl)s1)N(C)C. The van der Waals surface area contributed by atoms with E-state index in [1.54, 1.807) is 30.9 Å². The van der Waals surface area contributed by atoms with Gasteiger partial charge in [0.25, 0.3) is 0 Å². The Kier molecular flexibility index (Phi) is 6.57. The first-order valence-electron chi connectivity index (χ1n) is 5.97. The monoisotopic (exact) mass is 323 g/mol. The lowest BCUT2D eigenvalue weighted by Crippen LogP contribution is -2.14. The van der Waals surface area contributed by atoms with Crippen LogP contribution in [-0.2, 0) is 13.6 Å². The summed E-state index contributed by atoms with van der Waals surface area (Å²) in [6, 6.07) is 3.68. The summed E-state index contributed by atoms with van der Waals surface area (Å²) in [5.41, 5.74) is 0.523. The minimum absolute atomic E-state index is 0.327. The topological polar surface area (TPSA) is 38.8 Å². The van der Waals surface area contributed by atoms with Crippen molar-refractivity contribution in [1.82, 2.24) is 4.90 Å². The van der Waals surface area contributed by atoms with Crippen LogP contribution in [-0.4, -0.2) is 32.2 Å². The maximum atomic E-state index is 12.8. The van der Waals surface area contributed by atoms with Crippen molar-refractivity contribution >= 4 is 36.6 Å². The van der Waals surface area contributed by atoms with Gasteiger partial charge in [0.05, 0.1) is 17.6 Å². The quantitative estimate of drug-likeness (QED) is 0.691. The minimum atomic E-state index is -3.29. The molecular weight excluding hydrogens is 305 g/mol. The van der Waals surface area contributed by atoms with Gasteiger partial charge >= 0.3 is 7.60 Å². The highest BCUT2D eigenvalue weighted by Gasteiger charge is 2.31. The van der Waals surface area contributed by atoms with E-state index < -0.39 is 7.60 Å². The minimum Gasteiger partial charge on any atom is -0.371 e. The second-order valence-electron chi connectivity index (χ2n) is 3.87. The zero-order chi connectivity index (χ0) is 14.5. The number of rotatable bonds is 7. The van der Waals surface area contributed by atoms with Crippen LogP contribution in [0.15, 0.2) is 17.6 Å². The molecule has 0 aliphatic rings. The fourth-order valence-electron chi connectivity index (χ4n) is 1.50. The Hall–Kier alpha value is -0.320. The summed E-state index contributed by atoms with van der Waals surface area (Å²) in [4.78, 5) is 2.66. The van der Waals surface area contributed by atoms with E-state index in [1.165, 1.54) is 11.3 Å². The van der Waals surface area contributed by atoms with Gasteiger partial charge in [0.1, 0.15) is 5.44 Å². The van der Waals surface area contributed by atoms with Crippen molar-refractivity contribution in [1.29, 1.82) is 0 Å². The van der Waals surface area contributed by atoms with Gasteiger partial charge in [-0.1, -0.05) is 11.6 Å². The van der Waals surface area contributed by atoms with Crippen LogP contribution >= 0.6 is 30.5 Å². The van der Waals surface area contributed by atoms with Crippen molar-refractivity contribution < 1.29 is 13.6 Å². The summed E-state index contributed by atoms with van der Waals surface area (Å²) in [6.07, 6.45) is 1.79. The van der Waals surface area contributed by atoms with Gasteiger partial charge < -0.3 is 13.9 Å². The Morgan fingerprint density at radius 2 is 1.95 bits per heavy atom. The Balaban J connectivity index is 3.17. The third kappa shape index (κ3) is 4.62. The van der Waals surface area contributed by atoms with Crippen molar-refractivity contribution in [2.75, 3.05) is 27.3 Å². The molecule has 0 spiro atoms. The van der Waals surface area contributed by atoms with Crippen LogP contribution in [0.1, 0.15) is 18.7 Å². The predicted molar refractivity (Wildman–Crippen MR) is 81.9 cm³/mol. The molecule has 0 N–H and O–H groups in total. The van der Waals surface area contributed by atoms with Gasteiger partial charge in [-0.2, -0.15) is 0 Å². The van der Waals surface area contributed by atoms with E-state index in [4.69, 9.17) is 20.6 Å². The predicted octanol–water partition coefficient (Wildman–Crippen LogP) is 4.53. The van der Waals surface area contributed by atoms with Crippen molar-refractivity contribution in [3.05, 3.63) is 26.8 Å². The molecule has 0 aliphatic heterocycles. The molecule has 0 saturated carbocycles. The standard InChI is InChI=1S/C12H19ClNO3PS/c1-5-16-18(15,17-6-2)12(14(3)4)9-10-7-8-11(13)19-10/h7-9H,5-6H2,1-4H3. The average Bonchev–Trinajstić information content (AvgIpc) is 2.72. The molecule has 1 heterocycles. The Morgan fingerprint density at radius 1 is 1.37 bits per heavy atom. The van der Waals surface area contributed by atoms with E-state index in [-0.39, 0.29) is 0 Å². The number of hydrogen-bond donors (Lipinski definition) is 0. The molecule has 1 rings (SSSR count). The molecule has 108 valence electrons. The molecule has 4 nitrogen and oxygen atoms in total. The van der Waals surface area contributed by atoms with Crippen LogP contribution in [0.5, 0.6) is 0 Å². The Bertz CT molecular complexity index is 477. The van der Waals surface area contributed by atoms with Crippen molar-refractivity contribution in [2.24, 2.45) is 0 Å². The molecule has 0 fully saturated rings. The van der Waals surface area contributed by atoms with Gasteiger partial charge in [-0.3, -0.25) is 4.57 Å². The molecule has 0 bridgehead atoms. The number of halogens is 1. The third-order valence-electron chi connectivity index (χ3n) is 2.20. The molecule has 0 radical (unpaired) electrons. The van der Waals surface area contributed by atoms with Gasteiger partial charge in [0.15, 0.2) is 0 Å². The fourth-order valence-corrected chi connectivity index (χ4v) is 4.39. The van der Waals surface area contributed by atoms with E-state index in [1.807, 2.05) is 20.2 Å². The van der Waals surface area contributed by atoms with E-state index in [0.717, 1.165) is 4.88 Å². The van der Waals surface area contributed by atoms with Crippen LogP contribution < -0.4 is 0 Å². The second-order valence-corrected chi connectivity index (χ2v) is 7.59. The number of thiophene rings is 1. The maximum absolute atomic E-state index is 12.8. The van der Waals surface area contributed by atoms with Gasteiger partial charge in [-0.25, -0.2) is 0 Å². The highest BCUT2D eigenvalue weighted by atomic mass is 35.5. The average molecular weight is 324 g/mol. The first-order valence-corrected chi connectivity index (χ1v) is 8.70. The molecule has 0 atom stereocenters. The van der Waals surface area contributed by atoms with Crippen LogP contribution in [0, 0.1) is 0 Å². The number of nitrogens with zero attached hydrogens (tertiary/aromatic N) is 1. The molecule has 0 aromatic carbocycles. The molecular formula is C12H19ClNO3PS. The zero-order valence-corrected chi connectivity index (χ0v) is 14.0. The third-order valence-corrected chi connectivity index (χ3v) is 5.67. The van der Waals surface area contributed by atoms with Crippen molar-refractivity contribution in [3.8, 4) is 0 Å². The highest BCUT2D eigenvalue weighted by molar-refractivity contribution is 7.58. The summed E-state index contributed by atoms with van der Waals surface area (Å²) in [5, 5.41) is 0. The first kappa shape index (κ1) is 16.7. The second kappa shape index (κ2) is 7.46. The largest absolute Gasteiger partial charge is 0.377 e. The number of hydrogen-bond acceptors (Lipinski definition) is 5. The van der Waals surface area contributed by atoms with E-state index in [0.29, 0.717) is 23.0 Å². The smallest absolute Gasteiger partial charge is 0.371 e. The Labute approximate surface area is 123 Å². The molecule has 0 aliphatic carbocycles. The summed E-state index contributed by atoms with van der Waals surface area (Å²) in [5.74, 6) is 0. The lowest BCUT2D eigenvalue weighted by molar-refractivity contribution is 0.219. The summed E-state index contributed by atoms with van der Waals surface area (Å²) >= 11 is 7.32. The van der Waals surface area contributed by atoms with Gasteiger partial charge in [-0.05, 0) is 32.1 Å². The molecule has 1 aromatic rings. The summed E-state index contributed by atoms with van der Waals surface area (Å²) < 4.78 is 24.2. The molecule has 1 aromatic heterocycles. The van der Waals surface area contributed by atoms with Crippen molar-refractivity contribution in [2.45, 2.75) is 13.8 Å². The maximum Gasteiger partial charge on any atom is 0.377 e. The van der Waals surface area contributed by atoms with Gasteiger partial charge in [-0.15, -0.1) is 11.3 Å². The molecule has 0 unspecified atom stereocenters. The summed E-state index contributed by atoms with van der Waals surface area (Å²) in [6.45, 7) is 4.24.